The fourth-order valence-electron chi connectivity index (χ4n) is 9.16. The molecular formula is C62H64N12O2+2. The van der Waals surface area contributed by atoms with Gasteiger partial charge in [-0.15, -0.1) is 0 Å². The first kappa shape index (κ1) is 51.6. The number of benzene rings is 5. The van der Waals surface area contributed by atoms with Crippen molar-refractivity contribution in [2.24, 2.45) is 20.5 Å². The molecule has 0 atom stereocenters. The van der Waals surface area contributed by atoms with Crippen LogP contribution in [0.1, 0.15) is 56.3 Å². The minimum Gasteiger partial charge on any atom is -0.356 e. The summed E-state index contributed by atoms with van der Waals surface area (Å²) >= 11 is 0. The van der Waals surface area contributed by atoms with E-state index in [-0.39, 0.29) is 11.8 Å². The highest BCUT2D eigenvalue weighted by atomic mass is 16.2. The minimum atomic E-state index is -0.111. The molecule has 2 amide bonds. The van der Waals surface area contributed by atoms with E-state index in [1.807, 2.05) is 106 Å². The van der Waals surface area contributed by atoms with Gasteiger partial charge in [-0.3, -0.25) is 9.59 Å². The number of rotatable bonds is 20. The number of nitrogens with zero attached hydrogens (tertiary/aromatic N) is 10. The van der Waals surface area contributed by atoms with E-state index < -0.39 is 0 Å². The Morgan fingerprint density at radius 3 is 1.09 bits per heavy atom. The van der Waals surface area contributed by atoms with Crippen molar-refractivity contribution in [2.45, 2.75) is 53.6 Å². The van der Waals surface area contributed by atoms with Crippen LogP contribution in [0.3, 0.4) is 0 Å². The molecule has 0 saturated carbocycles. The van der Waals surface area contributed by atoms with Gasteiger partial charge in [0.1, 0.15) is 11.4 Å². The molecule has 2 N–H and O–H groups in total. The molecule has 5 aromatic carbocycles. The van der Waals surface area contributed by atoms with E-state index in [9.17, 15) is 9.59 Å². The van der Waals surface area contributed by atoms with Gasteiger partial charge in [0.2, 0.25) is 0 Å². The topological polar surface area (TPSA) is 132 Å². The third-order valence-corrected chi connectivity index (χ3v) is 13.3. The fraction of sp³-hybridized carbons (Fsp3) is 0.194. The number of anilines is 4. The van der Waals surface area contributed by atoms with E-state index in [2.05, 4.69) is 141 Å². The second-order valence-electron chi connectivity index (χ2n) is 19.0. The van der Waals surface area contributed by atoms with Crippen molar-refractivity contribution in [1.29, 1.82) is 0 Å². The molecule has 14 nitrogen and oxygen atoms in total. The molecule has 76 heavy (non-hydrogen) atoms. The quantitative estimate of drug-likeness (QED) is 0.0581. The second kappa shape index (κ2) is 24.2. The average Bonchev–Trinajstić information content (AvgIpc) is 3.97. The normalized spacial score (nSPS) is 11.3. The summed E-state index contributed by atoms with van der Waals surface area (Å²) in [5.41, 5.74) is 13.5. The lowest BCUT2D eigenvalue weighted by atomic mass is 10.1. The first-order chi connectivity index (χ1) is 36.9. The van der Waals surface area contributed by atoms with E-state index in [1.165, 1.54) is 22.8 Å². The van der Waals surface area contributed by atoms with Crippen LogP contribution in [0.25, 0.3) is 11.4 Å². The lowest BCUT2D eigenvalue weighted by Gasteiger charge is -2.18. The van der Waals surface area contributed by atoms with Crippen LogP contribution in [0.15, 0.2) is 215 Å². The molecule has 0 aliphatic rings. The molecule has 0 unspecified atom stereocenters. The van der Waals surface area contributed by atoms with Crippen molar-refractivity contribution >= 4 is 57.6 Å². The van der Waals surface area contributed by atoms with Crippen LogP contribution in [0.2, 0.25) is 0 Å². The smallest absolute Gasteiger partial charge is 0.350 e. The molecule has 0 bridgehead atoms. The number of hydrogen-bond acceptors (Lipinski definition) is 8. The largest absolute Gasteiger partial charge is 0.356 e. The van der Waals surface area contributed by atoms with Crippen LogP contribution in [0, 0.1) is 27.7 Å². The molecule has 14 heteroatoms. The van der Waals surface area contributed by atoms with Crippen molar-refractivity contribution in [1.82, 2.24) is 18.9 Å². The number of amides is 2. The lowest BCUT2D eigenvalue weighted by molar-refractivity contribution is -0.684. The van der Waals surface area contributed by atoms with Gasteiger partial charge in [-0.25, -0.2) is 9.13 Å². The van der Waals surface area contributed by atoms with Crippen molar-refractivity contribution in [3.63, 3.8) is 0 Å². The Bertz CT molecular complexity index is 3200. The number of carbonyl (C=O) groups is 2. The summed E-state index contributed by atoms with van der Waals surface area (Å²) in [6.45, 7) is 10.8. The molecule has 0 spiro atoms. The Kier molecular flexibility index (Phi) is 16.4. The number of hydrogen-bond donors (Lipinski definition) is 2. The molecule has 4 aromatic heterocycles. The van der Waals surface area contributed by atoms with Crippen LogP contribution in [0.5, 0.6) is 0 Å². The van der Waals surface area contributed by atoms with Gasteiger partial charge in [0.25, 0.3) is 11.8 Å². The van der Waals surface area contributed by atoms with Gasteiger partial charge in [-0.1, -0.05) is 12.1 Å². The van der Waals surface area contributed by atoms with Gasteiger partial charge < -0.3 is 29.6 Å². The number of aryl methyl sites for hydroxylation is 6. The third kappa shape index (κ3) is 12.9. The van der Waals surface area contributed by atoms with E-state index in [0.717, 1.165) is 45.5 Å². The molecule has 0 aliphatic heterocycles. The Balaban J connectivity index is 0.701. The van der Waals surface area contributed by atoms with E-state index >= 15 is 0 Å². The molecule has 382 valence electrons. The SMILES string of the molecule is Cc1ccc(C)n1-c1ccc(Nc2ccc(/N=N/c3cccc[n+]3CCCN(C)C(=O)c3ccc(C(=O)N(C)CCC[n+]4ccccc4/N=N/c4ccc(Nc5ccc(-n6c(C)ccc6C)cc5)cc4)cc3)cc2)cc1. The zero-order valence-corrected chi connectivity index (χ0v) is 44.0. The van der Waals surface area contributed by atoms with Gasteiger partial charge in [0.15, 0.2) is 0 Å². The maximum atomic E-state index is 13.5. The summed E-state index contributed by atoms with van der Waals surface area (Å²) in [5, 5.41) is 25.1. The number of azo groups is 2. The highest BCUT2D eigenvalue weighted by molar-refractivity contribution is 5.97. The molecule has 9 aromatic rings. The van der Waals surface area contributed by atoms with Crippen LogP contribution in [0.4, 0.5) is 45.8 Å². The van der Waals surface area contributed by atoms with Crippen LogP contribution in [-0.4, -0.2) is 57.9 Å². The summed E-state index contributed by atoms with van der Waals surface area (Å²) in [7, 11) is 3.59. The van der Waals surface area contributed by atoms with E-state index in [0.29, 0.717) is 61.8 Å². The summed E-state index contributed by atoms with van der Waals surface area (Å²) in [4.78, 5) is 30.3. The molecule has 0 aliphatic carbocycles. The summed E-state index contributed by atoms with van der Waals surface area (Å²) in [6.07, 6.45) is 5.35. The molecule has 0 saturated heterocycles. The summed E-state index contributed by atoms with van der Waals surface area (Å²) < 4.78 is 8.54. The summed E-state index contributed by atoms with van der Waals surface area (Å²) in [5.74, 6) is 1.21. The fourth-order valence-corrected chi connectivity index (χ4v) is 9.16. The maximum absolute atomic E-state index is 13.5. The second-order valence-corrected chi connectivity index (χ2v) is 19.0. The van der Waals surface area contributed by atoms with E-state index in [4.69, 9.17) is 0 Å². The molecular weight excluding hydrogens is 945 g/mol. The first-order valence-corrected chi connectivity index (χ1v) is 25.6. The van der Waals surface area contributed by atoms with E-state index in [1.54, 1.807) is 48.2 Å². The Morgan fingerprint density at radius 2 is 0.750 bits per heavy atom. The number of nitrogens with one attached hydrogen (secondary N) is 2. The molecule has 4 heterocycles. The molecule has 0 radical (unpaired) electrons. The standard InChI is InChI=1S/C62H62N12O2/c1-45-15-16-46(2)73(45)57-35-31-53(32-36-57)63-51-23-27-55(28-24-51)65-67-59-13-7-9-41-71(59)43-11-39-69(5)61(75)49-19-21-50(22-20-49)62(76)70(6)40-12-44-72-42-10-8-14-60(72)68-66-56-29-25-52(26-30-56)64-54-33-37-58(38-34-54)74-47(3)17-18-48(74)4/h7-10,13-38,41-42H,11-12,39-40,43-44H2,1-6H3/p+2. The summed E-state index contributed by atoms with van der Waals surface area (Å²) in [6, 6.07) is 59.6. The zero-order valence-electron chi connectivity index (χ0n) is 44.0. The highest BCUT2D eigenvalue weighted by Gasteiger charge is 2.18. The highest BCUT2D eigenvalue weighted by Crippen LogP contribution is 2.26. The number of aromatic nitrogens is 4. The lowest BCUT2D eigenvalue weighted by Crippen LogP contribution is -2.36. The zero-order chi connectivity index (χ0) is 53.0. The Hall–Kier alpha value is -9.30. The molecule has 9 rings (SSSR count). The van der Waals surface area contributed by atoms with Crippen LogP contribution < -0.4 is 19.8 Å². The van der Waals surface area contributed by atoms with Gasteiger partial charge >= 0.3 is 11.6 Å². The van der Waals surface area contributed by atoms with Gasteiger partial charge in [0, 0.05) is 120 Å². The maximum Gasteiger partial charge on any atom is 0.350 e. The predicted octanol–water partition coefficient (Wildman–Crippen LogP) is 13.7. The van der Waals surface area contributed by atoms with Crippen LogP contribution in [-0.2, 0) is 13.1 Å². The minimum absolute atomic E-state index is 0.111. The van der Waals surface area contributed by atoms with Crippen molar-refractivity contribution in [2.75, 3.05) is 37.8 Å². The molecule has 0 fully saturated rings. The number of carbonyl (C=O) groups excluding carboxylic acids is 2. The average molecular weight is 1010 g/mol. The van der Waals surface area contributed by atoms with Crippen molar-refractivity contribution in [3.05, 3.63) is 228 Å². The third-order valence-electron chi connectivity index (χ3n) is 13.3. The van der Waals surface area contributed by atoms with Gasteiger partial charge in [0.05, 0.1) is 35.7 Å². The Labute approximate surface area is 445 Å². The van der Waals surface area contributed by atoms with Crippen LogP contribution >= 0.6 is 0 Å². The van der Waals surface area contributed by atoms with Crippen molar-refractivity contribution in [3.8, 4) is 11.4 Å². The monoisotopic (exact) mass is 1010 g/mol. The van der Waals surface area contributed by atoms with Crippen molar-refractivity contribution < 1.29 is 18.7 Å². The van der Waals surface area contributed by atoms with Gasteiger partial charge in [-0.05, 0) is 196 Å². The Morgan fingerprint density at radius 1 is 0.421 bits per heavy atom. The predicted molar refractivity (Wildman–Crippen MR) is 301 cm³/mol. The first-order valence-electron chi connectivity index (χ1n) is 25.6. The number of pyridine rings is 2. The van der Waals surface area contributed by atoms with Gasteiger partial charge in [-0.2, -0.15) is 0 Å².